The smallest absolute Gasteiger partial charge is 0.239 e. The molecule has 0 radical (unpaired) electrons. The quantitative estimate of drug-likeness (QED) is 0.758. The van der Waals surface area contributed by atoms with Gasteiger partial charge < -0.3 is 10.6 Å². The highest BCUT2D eigenvalue weighted by atomic mass is 32.2. The molecular formula is C19H23N3O4S. The van der Waals surface area contributed by atoms with Crippen LogP contribution in [0.1, 0.15) is 11.1 Å². The van der Waals surface area contributed by atoms with E-state index in [9.17, 15) is 18.0 Å². The number of sulfonamides is 1. The molecule has 0 heterocycles. The molecule has 0 saturated carbocycles. The van der Waals surface area contributed by atoms with E-state index in [-0.39, 0.29) is 0 Å². The highest BCUT2D eigenvalue weighted by molar-refractivity contribution is 7.88. The Bertz CT molecular complexity index is 880. The maximum Gasteiger partial charge on any atom is 0.239 e. The molecule has 0 unspecified atom stereocenters. The van der Waals surface area contributed by atoms with Crippen molar-refractivity contribution >= 4 is 33.2 Å². The molecule has 0 aromatic heterocycles. The molecule has 0 aliphatic carbocycles. The Labute approximate surface area is 159 Å². The number of carbonyl (C=O) groups excluding carboxylic acids is 2. The van der Waals surface area contributed by atoms with Gasteiger partial charge in [-0.15, -0.1) is 0 Å². The number of nitrogens with zero attached hydrogens (tertiary/aromatic N) is 1. The summed E-state index contributed by atoms with van der Waals surface area (Å²) in [7, 11) is -3.74. The number of benzene rings is 2. The summed E-state index contributed by atoms with van der Waals surface area (Å²) in [5.74, 6) is -1.04. The minimum atomic E-state index is -3.74. The van der Waals surface area contributed by atoms with Crippen molar-refractivity contribution in [2.75, 3.05) is 30.0 Å². The number of hydrogen-bond acceptors (Lipinski definition) is 4. The van der Waals surface area contributed by atoms with E-state index >= 15 is 0 Å². The van der Waals surface area contributed by atoms with E-state index in [0.29, 0.717) is 11.4 Å². The van der Waals surface area contributed by atoms with Crippen LogP contribution in [0.2, 0.25) is 0 Å². The summed E-state index contributed by atoms with van der Waals surface area (Å²) in [5, 5.41) is 5.28. The van der Waals surface area contributed by atoms with Crippen molar-refractivity contribution in [3.8, 4) is 0 Å². The van der Waals surface area contributed by atoms with Gasteiger partial charge >= 0.3 is 0 Å². The largest absolute Gasteiger partial charge is 0.325 e. The molecule has 0 saturated heterocycles. The van der Waals surface area contributed by atoms with Crippen LogP contribution in [0, 0.1) is 13.8 Å². The lowest BCUT2D eigenvalue weighted by atomic mass is 10.2. The first-order chi connectivity index (χ1) is 12.6. The fourth-order valence-corrected chi connectivity index (χ4v) is 3.16. The number of nitrogens with one attached hydrogen (secondary N) is 2. The van der Waals surface area contributed by atoms with Crippen molar-refractivity contribution in [1.29, 1.82) is 0 Å². The lowest BCUT2D eigenvalue weighted by Crippen LogP contribution is -2.42. The molecule has 8 heteroatoms. The fraction of sp³-hybridized carbons (Fsp3) is 0.263. The predicted molar refractivity (Wildman–Crippen MR) is 106 cm³/mol. The SMILES string of the molecule is Cc1cccc(NC(=O)CN(CC(=O)Nc2cccc(C)c2)S(C)(=O)=O)c1. The van der Waals surface area contributed by atoms with Crippen LogP contribution in [-0.2, 0) is 19.6 Å². The Hall–Kier alpha value is -2.71. The maximum absolute atomic E-state index is 12.2. The van der Waals surface area contributed by atoms with Gasteiger partial charge in [-0.05, 0) is 49.2 Å². The number of amides is 2. The van der Waals surface area contributed by atoms with Crippen LogP contribution in [0.3, 0.4) is 0 Å². The van der Waals surface area contributed by atoms with Crippen molar-refractivity contribution in [2.45, 2.75) is 13.8 Å². The second-order valence-electron chi connectivity index (χ2n) is 6.37. The summed E-state index contributed by atoms with van der Waals surface area (Å²) in [4.78, 5) is 24.4. The zero-order valence-corrected chi connectivity index (χ0v) is 16.3. The Morgan fingerprint density at radius 1 is 0.852 bits per heavy atom. The molecule has 2 aromatic rings. The van der Waals surface area contributed by atoms with Crippen LogP contribution >= 0.6 is 0 Å². The summed E-state index contributed by atoms with van der Waals surface area (Å²) in [6, 6.07) is 14.3. The van der Waals surface area contributed by atoms with E-state index in [2.05, 4.69) is 10.6 Å². The predicted octanol–water partition coefficient (Wildman–Crippen LogP) is 2.14. The summed E-state index contributed by atoms with van der Waals surface area (Å²) >= 11 is 0. The molecule has 2 rings (SSSR count). The average Bonchev–Trinajstić information content (AvgIpc) is 2.53. The summed E-state index contributed by atoms with van der Waals surface area (Å²) in [6.07, 6.45) is 0.965. The van der Waals surface area contributed by atoms with Crippen LogP contribution in [0.15, 0.2) is 48.5 Å². The van der Waals surface area contributed by atoms with Gasteiger partial charge in [-0.25, -0.2) is 8.42 Å². The van der Waals surface area contributed by atoms with E-state index in [4.69, 9.17) is 0 Å². The van der Waals surface area contributed by atoms with Crippen molar-refractivity contribution < 1.29 is 18.0 Å². The maximum atomic E-state index is 12.2. The minimum Gasteiger partial charge on any atom is -0.325 e. The molecule has 0 bridgehead atoms. The van der Waals surface area contributed by atoms with Crippen LogP contribution in [-0.4, -0.2) is 43.9 Å². The number of hydrogen-bond donors (Lipinski definition) is 2. The molecular weight excluding hydrogens is 366 g/mol. The van der Waals surface area contributed by atoms with E-state index in [1.54, 1.807) is 36.4 Å². The van der Waals surface area contributed by atoms with Crippen LogP contribution < -0.4 is 10.6 Å². The van der Waals surface area contributed by atoms with Crippen molar-refractivity contribution in [3.05, 3.63) is 59.7 Å². The summed E-state index contributed by atoms with van der Waals surface area (Å²) < 4.78 is 24.8. The topological polar surface area (TPSA) is 95.6 Å². The third-order valence-electron chi connectivity index (χ3n) is 3.71. The van der Waals surface area contributed by atoms with Gasteiger partial charge in [-0.1, -0.05) is 24.3 Å². The van der Waals surface area contributed by atoms with Crippen LogP contribution in [0.4, 0.5) is 11.4 Å². The fourth-order valence-electron chi connectivity index (χ4n) is 2.46. The molecule has 2 amide bonds. The molecule has 0 atom stereocenters. The number of aryl methyl sites for hydroxylation is 2. The lowest BCUT2D eigenvalue weighted by Gasteiger charge is -2.19. The lowest BCUT2D eigenvalue weighted by molar-refractivity contribution is -0.118. The molecule has 0 spiro atoms. The monoisotopic (exact) mass is 389 g/mol. The Morgan fingerprint density at radius 3 is 1.59 bits per heavy atom. The van der Waals surface area contributed by atoms with E-state index < -0.39 is 34.9 Å². The number of carbonyl (C=O) groups is 2. The van der Waals surface area contributed by atoms with Gasteiger partial charge in [0, 0.05) is 11.4 Å². The molecule has 7 nitrogen and oxygen atoms in total. The summed E-state index contributed by atoms with van der Waals surface area (Å²) in [5.41, 5.74) is 3.06. The third-order valence-corrected chi connectivity index (χ3v) is 4.91. The second kappa shape index (κ2) is 8.79. The average molecular weight is 389 g/mol. The van der Waals surface area contributed by atoms with Gasteiger partial charge in [0.2, 0.25) is 21.8 Å². The Morgan fingerprint density at radius 2 is 1.26 bits per heavy atom. The van der Waals surface area contributed by atoms with Gasteiger partial charge in [0.15, 0.2) is 0 Å². The van der Waals surface area contributed by atoms with E-state index in [1.807, 2.05) is 26.0 Å². The normalized spacial score (nSPS) is 11.3. The zero-order valence-electron chi connectivity index (χ0n) is 15.5. The number of rotatable bonds is 7. The van der Waals surface area contributed by atoms with Gasteiger partial charge in [-0.2, -0.15) is 4.31 Å². The van der Waals surface area contributed by atoms with Crippen molar-refractivity contribution in [1.82, 2.24) is 4.31 Å². The highest BCUT2D eigenvalue weighted by Crippen LogP contribution is 2.11. The van der Waals surface area contributed by atoms with Crippen molar-refractivity contribution in [2.24, 2.45) is 0 Å². The minimum absolute atomic E-state index is 0.450. The van der Waals surface area contributed by atoms with E-state index in [1.165, 1.54) is 0 Å². The first-order valence-electron chi connectivity index (χ1n) is 8.31. The first kappa shape index (κ1) is 20.6. The van der Waals surface area contributed by atoms with Gasteiger partial charge in [0.1, 0.15) is 0 Å². The number of anilines is 2. The summed E-state index contributed by atoms with van der Waals surface area (Å²) in [6.45, 7) is 2.87. The molecule has 27 heavy (non-hydrogen) atoms. The molecule has 144 valence electrons. The molecule has 0 aliphatic rings. The zero-order chi connectivity index (χ0) is 20.0. The standard InChI is InChI=1S/C19H23N3O4S/c1-14-6-4-8-16(10-14)20-18(23)12-22(27(3,25)26)13-19(24)21-17-9-5-7-15(2)11-17/h4-11H,12-13H2,1-3H3,(H,20,23)(H,21,24). The molecule has 0 fully saturated rings. The van der Waals surface area contributed by atoms with Crippen LogP contribution in [0.25, 0.3) is 0 Å². The third kappa shape index (κ3) is 6.84. The first-order valence-corrected chi connectivity index (χ1v) is 10.2. The Kier molecular flexibility index (Phi) is 6.70. The van der Waals surface area contributed by atoms with Crippen molar-refractivity contribution in [3.63, 3.8) is 0 Å². The van der Waals surface area contributed by atoms with Gasteiger partial charge in [0.05, 0.1) is 19.3 Å². The Balaban J connectivity index is 2.02. The highest BCUT2D eigenvalue weighted by Gasteiger charge is 2.23. The van der Waals surface area contributed by atoms with Gasteiger partial charge in [-0.3, -0.25) is 9.59 Å². The van der Waals surface area contributed by atoms with Crippen LogP contribution in [0.5, 0.6) is 0 Å². The molecule has 0 aliphatic heterocycles. The van der Waals surface area contributed by atoms with E-state index in [0.717, 1.165) is 21.7 Å². The molecule has 2 N–H and O–H groups in total. The second-order valence-corrected chi connectivity index (χ2v) is 8.35. The molecule has 2 aromatic carbocycles. The van der Waals surface area contributed by atoms with Gasteiger partial charge in [0.25, 0.3) is 0 Å².